The summed E-state index contributed by atoms with van der Waals surface area (Å²) in [6.07, 6.45) is 7.61. The molecule has 0 spiro atoms. The zero-order chi connectivity index (χ0) is 13.0. The van der Waals surface area contributed by atoms with Gasteiger partial charge in [0.05, 0.1) is 18.5 Å². The number of nitrogens with two attached hydrogens (primary N) is 1. The van der Waals surface area contributed by atoms with Gasteiger partial charge in [-0.3, -0.25) is 9.55 Å². The number of hydrogen-bond acceptors (Lipinski definition) is 5. The van der Waals surface area contributed by atoms with E-state index in [1.807, 2.05) is 24.6 Å². The van der Waals surface area contributed by atoms with E-state index in [-0.39, 0.29) is 6.10 Å². The van der Waals surface area contributed by atoms with Crippen LogP contribution < -0.4 is 10.5 Å². The Morgan fingerprint density at radius 3 is 2.94 bits per heavy atom. The van der Waals surface area contributed by atoms with E-state index in [0.717, 1.165) is 5.82 Å². The summed E-state index contributed by atoms with van der Waals surface area (Å²) in [5, 5.41) is 0. The smallest absolute Gasteiger partial charge is 0.234 e. The molecule has 0 amide bonds. The van der Waals surface area contributed by atoms with E-state index in [0.29, 0.717) is 24.7 Å². The van der Waals surface area contributed by atoms with Crippen molar-refractivity contribution in [1.29, 1.82) is 0 Å². The third-order valence-corrected chi connectivity index (χ3v) is 2.29. The highest BCUT2D eigenvalue weighted by Crippen LogP contribution is 2.12. The van der Waals surface area contributed by atoms with Gasteiger partial charge < -0.3 is 10.5 Å². The quantitative estimate of drug-likeness (QED) is 0.851. The predicted octanol–water partition coefficient (Wildman–Crippen LogP) is 0.951. The van der Waals surface area contributed by atoms with Gasteiger partial charge in [-0.15, -0.1) is 0 Å². The molecule has 0 radical (unpaired) electrons. The number of aromatic nitrogens is 4. The van der Waals surface area contributed by atoms with Gasteiger partial charge in [0.1, 0.15) is 5.82 Å². The molecule has 2 aromatic heterocycles. The summed E-state index contributed by atoms with van der Waals surface area (Å²) < 4.78 is 7.39. The Bertz CT molecular complexity index is 509. The molecule has 2 rings (SSSR count). The standard InChI is InChI=1S/C12H17N5O/c1-9(2)18-12-8-14-7-11(16-12)17-6-5-15-10(17)3-4-13/h5-9H,3-4,13H2,1-2H3. The molecular weight excluding hydrogens is 230 g/mol. The van der Waals surface area contributed by atoms with E-state index in [9.17, 15) is 0 Å². The fourth-order valence-electron chi connectivity index (χ4n) is 1.61. The summed E-state index contributed by atoms with van der Waals surface area (Å²) in [5.41, 5.74) is 5.55. The molecule has 6 heteroatoms. The molecule has 0 aliphatic carbocycles. The minimum Gasteiger partial charge on any atom is -0.474 e. The van der Waals surface area contributed by atoms with Crippen molar-refractivity contribution in [3.8, 4) is 11.7 Å². The second kappa shape index (κ2) is 5.59. The second-order valence-electron chi connectivity index (χ2n) is 4.13. The number of rotatable bonds is 5. The number of nitrogens with zero attached hydrogens (tertiary/aromatic N) is 4. The first-order valence-corrected chi connectivity index (χ1v) is 5.92. The Labute approximate surface area is 106 Å². The zero-order valence-corrected chi connectivity index (χ0v) is 10.6. The lowest BCUT2D eigenvalue weighted by atomic mass is 10.4. The minimum absolute atomic E-state index is 0.0702. The van der Waals surface area contributed by atoms with E-state index < -0.39 is 0 Å². The second-order valence-corrected chi connectivity index (χ2v) is 4.13. The monoisotopic (exact) mass is 247 g/mol. The van der Waals surface area contributed by atoms with Crippen LogP contribution in [0.1, 0.15) is 19.7 Å². The first kappa shape index (κ1) is 12.5. The summed E-state index contributed by atoms with van der Waals surface area (Å²) in [5.74, 6) is 2.07. The number of imidazole rings is 1. The van der Waals surface area contributed by atoms with Crippen LogP contribution in [0.4, 0.5) is 0 Å². The van der Waals surface area contributed by atoms with Gasteiger partial charge >= 0.3 is 0 Å². The highest BCUT2D eigenvalue weighted by atomic mass is 16.5. The van der Waals surface area contributed by atoms with Crippen LogP contribution in [0.25, 0.3) is 5.82 Å². The first-order chi connectivity index (χ1) is 8.70. The molecule has 18 heavy (non-hydrogen) atoms. The lowest BCUT2D eigenvalue weighted by Gasteiger charge is -2.10. The molecule has 0 aromatic carbocycles. The molecule has 0 aliphatic rings. The molecule has 6 nitrogen and oxygen atoms in total. The van der Waals surface area contributed by atoms with Crippen molar-refractivity contribution in [2.45, 2.75) is 26.4 Å². The molecule has 0 saturated heterocycles. The van der Waals surface area contributed by atoms with Crippen molar-refractivity contribution in [1.82, 2.24) is 19.5 Å². The van der Waals surface area contributed by atoms with Crippen LogP contribution in [0.2, 0.25) is 0 Å². The van der Waals surface area contributed by atoms with Crippen LogP contribution in [0.3, 0.4) is 0 Å². The summed E-state index contributed by atoms with van der Waals surface area (Å²) in [4.78, 5) is 12.8. The predicted molar refractivity (Wildman–Crippen MR) is 67.7 cm³/mol. The highest BCUT2D eigenvalue weighted by Gasteiger charge is 2.07. The van der Waals surface area contributed by atoms with Gasteiger partial charge in [0, 0.05) is 18.8 Å². The molecule has 0 saturated carbocycles. The van der Waals surface area contributed by atoms with Crippen LogP contribution >= 0.6 is 0 Å². The first-order valence-electron chi connectivity index (χ1n) is 5.92. The fraction of sp³-hybridized carbons (Fsp3) is 0.417. The zero-order valence-electron chi connectivity index (χ0n) is 10.6. The molecular formula is C12H17N5O. The lowest BCUT2D eigenvalue weighted by Crippen LogP contribution is -2.11. The molecule has 2 aromatic rings. The van der Waals surface area contributed by atoms with Crippen molar-refractivity contribution in [2.75, 3.05) is 6.54 Å². The van der Waals surface area contributed by atoms with Crippen LogP contribution in [0.5, 0.6) is 5.88 Å². The van der Waals surface area contributed by atoms with Crippen LogP contribution in [-0.2, 0) is 6.42 Å². The molecule has 96 valence electrons. The molecule has 0 atom stereocenters. The Hall–Kier alpha value is -1.95. The van der Waals surface area contributed by atoms with Gasteiger partial charge in [-0.1, -0.05) is 0 Å². The molecule has 0 aliphatic heterocycles. The third kappa shape index (κ3) is 2.84. The third-order valence-electron chi connectivity index (χ3n) is 2.29. The highest BCUT2D eigenvalue weighted by molar-refractivity contribution is 5.24. The Morgan fingerprint density at radius 2 is 2.22 bits per heavy atom. The number of hydrogen-bond donors (Lipinski definition) is 1. The fourth-order valence-corrected chi connectivity index (χ4v) is 1.61. The molecule has 0 fully saturated rings. The van der Waals surface area contributed by atoms with Crippen molar-refractivity contribution in [2.24, 2.45) is 5.73 Å². The molecule has 0 bridgehead atoms. The van der Waals surface area contributed by atoms with E-state index in [2.05, 4.69) is 15.0 Å². The Balaban J connectivity index is 2.29. The van der Waals surface area contributed by atoms with Gasteiger partial charge in [0.25, 0.3) is 0 Å². The van der Waals surface area contributed by atoms with Crippen molar-refractivity contribution in [3.05, 3.63) is 30.6 Å². The SMILES string of the molecule is CC(C)Oc1cncc(-n2ccnc2CCN)n1. The van der Waals surface area contributed by atoms with Crippen LogP contribution in [-0.4, -0.2) is 32.2 Å². The van der Waals surface area contributed by atoms with Crippen molar-refractivity contribution < 1.29 is 4.74 Å². The maximum atomic E-state index is 5.55. The van der Waals surface area contributed by atoms with Crippen LogP contribution in [0, 0.1) is 0 Å². The normalized spacial score (nSPS) is 10.9. The van der Waals surface area contributed by atoms with E-state index in [1.54, 1.807) is 18.6 Å². The average molecular weight is 247 g/mol. The maximum Gasteiger partial charge on any atom is 0.234 e. The van der Waals surface area contributed by atoms with Gasteiger partial charge in [-0.2, -0.15) is 4.98 Å². The largest absolute Gasteiger partial charge is 0.474 e. The molecule has 0 unspecified atom stereocenters. The van der Waals surface area contributed by atoms with Crippen molar-refractivity contribution >= 4 is 0 Å². The topological polar surface area (TPSA) is 78.8 Å². The van der Waals surface area contributed by atoms with E-state index in [4.69, 9.17) is 10.5 Å². The molecule has 2 heterocycles. The van der Waals surface area contributed by atoms with E-state index >= 15 is 0 Å². The minimum atomic E-state index is 0.0702. The van der Waals surface area contributed by atoms with Gasteiger partial charge in [0.2, 0.25) is 5.88 Å². The van der Waals surface area contributed by atoms with Gasteiger partial charge in [-0.25, -0.2) is 4.98 Å². The summed E-state index contributed by atoms with van der Waals surface area (Å²) in [6, 6.07) is 0. The summed E-state index contributed by atoms with van der Waals surface area (Å²) in [6.45, 7) is 4.45. The maximum absolute atomic E-state index is 5.55. The van der Waals surface area contributed by atoms with E-state index in [1.165, 1.54) is 0 Å². The summed E-state index contributed by atoms with van der Waals surface area (Å²) >= 11 is 0. The van der Waals surface area contributed by atoms with Gasteiger partial charge in [0.15, 0.2) is 5.82 Å². The molecule has 2 N–H and O–H groups in total. The lowest BCUT2D eigenvalue weighted by molar-refractivity contribution is 0.231. The van der Waals surface area contributed by atoms with Gasteiger partial charge in [-0.05, 0) is 20.4 Å². The Kier molecular flexibility index (Phi) is 3.88. The Morgan fingerprint density at radius 1 is 1.39 bits per heavy atom. The van der Waals surface area contributed by atoms with Crippen LogP contribution in [0.15, 0.2) is 24.8 Å². The van der Waals surface area contributed by atoms with Crippen molar-refractivity contribution in [3.63, 3.8) is 0 Å². The summed E-state index contributed by atoms with van der Waals surface area (Å²) in [7, 11) is 0. The average Bonchev–Trinajstić information content (AvgIpc) is 2.77. The number of ether oxygens (including phenoxy) is 1.